The lowest BCUT2D eigenvalue weighted by Gasteiger charge is -2.32. The number of amides is 2. The number of aliphatic hydroxyl groups is 1. The van der Waals surface area contributed by atoms with Crippen LogP contribution in [-0.2, 0) is 0 Å². The molecule has 0 bridgehead atoms. The van der Waals surface area contributed by atoms with Gasteiger partial charge in [0.1, 0.15) is 0 Å². The van der Waals surface area contributed by atoms with Crippen LogP contribution < -0.4 is 10.6 Å². The van der Waals surface area contributed by atoms with Gasteiger partial charge in [0.2, 0.25) is 0 Å². The van der Waals surface area contributed by atoms with Crippen molar-refractivity contribution in [1.82, 2.24) is 15.5 Å². The summed E-state index contributed by atoms with van der Waals surface area (Å²) in [6.45, 7) is 6.68. The van der Waals surface area contributed by atoms with Crippen molar-refractivity contribution in [3.63, 3.8) is 0 Å². The van der Waals surface area contributed by atoms with Crippen LogP contribution in [0.1, 0.15) is 46.0 Å². The molecule has 2 fully saturated rings. The molecule has 0 aromatic carbocycles. The van der Waals surface area contributed by atoms with E-state index in [4.69, 9.17) is 0 Å². The molecule has 3 N–H and O–H groups in total. The maximum absolute atomic E-state index is 11.8. The molecule has 20 heavy (non-hydrogen) atoms. The quantitative estimate of drug-likeness (QED) is 0.689. The summed E-state index contributed by atoms with van der Waals surface area (Å²) in [5.74, 6) is 0.446. The van der Waals surface area contributed by atoms with E-state index in [0.29, 0.717) is 12.5 Å². The number of carbonyl (C=O) groups excluding carboxylic acids is 1. The molecule has 1 aliphatic heterocycles. The molecule has 5 nitrogen and oxygen atoms in total. The topological polar surface area (TPSA) is 64.6 Å². The van der Waals surface area contributed by atoms with Crippen molar-refractivity contribution in [3.8, 4) is 0 Å². The van der Waals surface area contributed by atoms with Crippen LogP contribution >= 0.6 is 0 Å². The maximum Gasteiger partial charge on any atom is 0.315 e. The van der Waals surface area contributed by atoms with E-state index in [-0.39, 0.29) is 12.1 Å². The number of nitrogens with one attached hydrogen (secondary N) is 2. The molecule has 2 aliphatic rings. The second-order valence-corrected chi connectivity index (χ2v) is 6.68. The van der Waals surface area contributed by atoms with E-state index in [1.165, 1.54) is 12.8 Å². The largest absolute Gasteiger partial charge is 0.391 e. The molecule has 0 radical (unpaired) electrons. The molecule has 1 unspecified atom stereocenters. The van der Waals surface area contributed by atoms with Crippen LogP contribution in [0.15, 0.2) is 0 Å². The number of piperidine rings is 1. The normalized spacial score (nSPS) is 22.8. The number of rotatable bonds is 6. The van der Waals surface area contributed by atoms with Gasteiger partial charge in [-0.2, -0.15) is 0 Å². The van der Waals surface area contributed by atoms with Gasteiger partial charge in [-0.25, -0.2) is 4.79 Å². The van der Waals surface area contributed by atoms with Crippen LogP contribution in [-0.4, -0.2) is 53.9 Å². The first-order chi connectivity index (χ1) is 9.54. The van der Waals surface area contributed by atoms with Gasteiger partial charge in [0, 0.05) is 31.7 Å². The molecule has 1 atom stereocenters. The molecule has 1 saturated carbocycles. The molecule has 0 aromatic heterocycles. The molecule has 2 amide bonds. The van der Waals surface area contributed by atoms with Gasteiger partial charge in [-0.1, -0.05) is 13.8 Å². The number of urea groups is 1. The SMILES string of the molecule is CC(C)CC(O)CNC(=O)NC1CCN(C2CC2)CC1. The summed E-state index contributed by atoms with van der Waals surface area (Å²) < 4.78 is 0. The molecule has 5 heteroatoms. The van der Waals surface area contributed by atoms with Crippen LogP contribution in [0.5, 0.6) is 0 Å². The summed E-state index contributed by atoms with van der Waals surface area (Å²) in [6, 6.07) is 0.973. The Hall–Kier alpha value is -0.810. The fourth-order valence-electron chi connectivity index (χ4n) is 2.92. The third-order valence-electron chi connectivity index (χ3n) is 4.17. The third kappa shape index (κ3) is 5.29. The van der Waals surface area contributed by atoms with Crippen LogP contribution in [0.3, 0.4) is 0 Å². The van der Waals surface area contributed by atoms with E-state index in [2.05, 4.69) is 29.4 Å². The smallest absolute Gasteiger partial charge is 0.315 e. The standard InChI is InChI=1S/C15H29N3O2/c1-11(2)9-14(19)10-16-15(20)17-12-5-7-18(8-6-12)13-3-4-13/h11-14,19H,3-10H2,1-2H3,(H2,16,17,20). The number of likely N-dealkylation sites (tertiary alicyclic amines) is 1. The van der Waals surface area contributed by atoms with Crippen LogP contribution in [0.2, 0.25) is 0 Å². The Bertz CT molecular complexity index is 310. The van der Waals surface area contributed by atoms with E-state index in [1.807, 2.05) is 0 Å². The second-order valence-electron chi connectivity index (χ2n) is 6.68. The summed E-state index contributed by atoms with van der Waals surface area (Å²) in [7, 11) is 0. The number of nitrogens with zero attached hydrogens (tertiary/aromatic N) is 1. The zero-order chi connectivity index (χ0) is 14.5. The summed E-state index contributed by atoms with van der Waals surface area (Å²) in [4.78, 5) is 14.3. The van der Waals surface area contributed by atoms with Gasteiger partial charge in [-0.15, -0.1) is 0 Å². The van der Waals surface area contributed by atoms with E-state index < -0.39 is 6.10 Å². The van der Waals surface area contributed by atoms with Crippen molar-refractivity contribution in [2.45, 2.75) is 64.1 Å². The first kappa shape index (κ1) is 15.6. The van der Waals surface area contributed by atoms with Gasteiger partial charge in [0.15, 0.2) is 0 Å². The summed E-state index contributed by atoms with van der Waals surface area (Å²) in [5, 5.41) is 15.5. The minimum Gasteiger partial charge on any atom is -0.391 e. The van der Waals surface area contributed by atoms with Crippen molar-refractivity contribution in [1.29, 1.82) is 0 Å². The highest BCUT2D eigenvalue weighted by Gasteiger charge is 2.32. The molecular weight excluding hydrogens is 254 g/mol. The second kappa shape index (κ2) is 7.27. The highest BCUT2D eigenvalue weighted by Crippen LogP contribution is 2.29. The Morgan fingerprint density at radius 3 is 2.45 bits per heavy atom. The van der Waals surface area contributed by atoms with Gasteiger partial charge in [-0.05, 0) is 38.0 Å². The first-order valence-electron chi connectivity index (χ1n) is 8.01. The lowest BCUT2D eigenvalue weighted by Crippen LogP contribution is -2.49. The van der Waals surface area contributed by atoms with Crippen molar-refractivity contribution in [3.05, 3.63) is 0 Å². The monoisotopic (exact) mass is 283 g/mol. The van der Waals surface area contributed by atoms with Crippen molar-refractivity contribution < 1.29 is 9.90 Å². The third-order valence-corrected chi connectivity index (χ3v) is 4.17. The van der Waals surface area contributed by atoms with Gasteiger partial charge in [0.25, 0.3) is 0 Å². The van der Waals surface area contributed by atoms with E-state index in [1.54, 1.807) is 0 Å². The molecule has 1 aliphatic carbocycles. The van der Waals surface area contributed by atoms with Gasteiger partial charge in [-0.3, -0.25) is 0 Å². The van der Waals surface area contributed by atoms with Gasteiger partial charge >= 0.3 is 6.03 Å². The van der Waals surface area contributed by atoms with Gasteiger partial charge in [0.05, 0.1) is 6.10 Å². The molecule has 116 valence electrons. The average molecular weight is 283 g/mol. The zero-order valence-electron chi connectivity index (χ0n) is 12.8. The van der Waals surface area contributed by atoms with Crippen LogP contribution in [0.25, 0.3) is 0 Å². The predicted molar refractivity (Wildman–Crippen MR) is 79.6 cm³/mol. The number of hydrogen-bond donors (Lipinski definition) is 3. The maximum atomic E-state index is 11.8. The first-order valence-corrected chi connectivity index (χ1v) is 8.01. The van der Waals surface area contributed by atoms with Crippen LogP contribution in [0.4, 0.5) is 4.79 Å². The molecule has 0 spiro atoms. The minimum absolute atomic E-state index is 0.141. The highest BCUT2D eigenvalue weighted by molar-refractivity contribution is 5.74. The summed E-state index contributed by atoms with van der Waals surface area (Å²) in [5.41, 5.74) is 0. The fourth-order valence-corrected chi connectivity index (χ4v) is 2.92. The minimum atomic E-state index is -0.447. The highest BCUT2D eigenvalue weighted by atomic mass is 16.3. The summed E-state index contributed by atoms with van der Waals surface area (Å²) >= 11 is 0. The Morgan fingerprint density at radius 1 is 1.25 bits per heavy atom. The van der Waals surface area contributed by atoms with Crippen molar-refractivity contribution in [2.24, 2.45) is 5.92 Å². The molecule has 2 rings (SSSR count). The molecule has 1 saturated heterocycles. The molecule has 0 aromatic rings. The number of hydrogen-bond acceptors (Lipinski definition) is 3. The van der Waals surface area contributed by atoms with Crippen molar-refractivity contribution in [2.75, 3.05) is 19.6 Å². The number of carbonyl (C=O) groups is 1. The Balaban J connectivity index is 1.57. The van der Waals surface area contributed by atoms with Crippen molar-refractivity contribution >= 4 is 6.03 Å². The lowest BCUT2D eigenvalue weighted by atomic mass is 10.1. The fraction of sp³-hybridized carbons (Fsp3) is 0.933. The number of aliphatic hydroxyl groups excluding tert-OH is 1. The molecular formula is C15H29N3O2. The Morgan fingerprint density at radius 2 is 1.90 bits per heavy atom. The average Bonchev–Trinajstić information content (AvgIpc) is 3.21. The van der Waals surface area contributed by atoms with E-state index in [9.17, 15) is 9.90 Å². The molecule has 1 heterocycles. The Kier molecular flexibility index (Phi) is 5.66. The summed E-state index contributed by atoms with van der Waals surface area (Å²) in [6.07, 6.45) is 5.06. The van der Waals surface area contributed by atoms with Gasteiger partial charge < -0.3 is 20.6 Å². The van der Waals surface area contributed by atoms with E-state index >= 15 is 0 Å². The zero-order valence-corrected chi connectivity index (χ0v) is 12.8. The van der Waals surface area contributed by atoms with Crippen LogP contribution in [0, 0.1) is 5.92 Å². The lowest BCUT2D eigenvalue weighted by molar-refractivity contribution is 0.145. The Labute approximate surface area is 122 Å². The predicted octanol–water partition coefficient (Wildman–Crippen LogP) is 1.32. The van der Waals surface area contributed by atoms with E-state index in [0.717, 1.165) is 38.4 Å².